The van der Waals surface area contributed by atoms with Gasteiger partial charge in [-0.3, -0.25) is 9.59 Å². The van der Waals surface area contributed by atoms with Gasteiger partial charge in [0.05, 0.1) is 0 Å². The van der Waals surface area contributed by atoms with Crippen LogP contribution in [0.5, 0.6) is 0 Å². The molecule has 1 amide bonds. The summed E-state index contributed by atoms with van der Waals surface area (Å²) in [6, 6.07) is -0.310. The van der Waals surface area contributed by atoms with Gasteiger partial charge < -0.3 is 20.6 Å². The Morgan fingerprint density at radius 3 is 2.29 bits per heavy atom. The predicted molar refractivity (Wildman–Crippen MR) is 79.9 cm³/mol. The van der Waals surface area contributed by atoms with E-state index in [1.807, 2.05) is 4.90 Å². The van der Waals surface area contributed by atoms with Crippen molar-refractivity contribution in [3.05, 3.63) is 0 Å². The van der Waals surface area contributed by atoms with Crippen LogP contribution in [0.25, 0.3) is 0 Å². The van der Waals surface area contributed by atoms with Crippen molar-refractivity contribution in [2.45, 2.75) is 57.0 Å². The van der Waals surface area contributed by atoms with Gasteiger partial charge in [-0.05, 0) is 45.2 Å². The minimum Gasteiger partial charge on any atom is -0.480 e. The first-order chi connectivity index (χ1) is 10.1. The van der Waals surface area contributed by atoms with Crippen LogP contribution in [0, 0.1) is 0 Å². The number of piperidine rings is 2. The van der Waals surface area contributed by atoms with Gasteiger partial charge in [-0.1, -0.05) is 6.42 Å². The van der Waals surface area contributed by atoms with Gasteiger partial charge >= 0.3 is 5.97 Å². The van der Waals surface area contributed by atoms with Crippen molar-refractivity contribution in [1.29, 1.82) is 0 Å². The number of amides is 1. The molecule has 2 fully saturated rings. The highest BCUT2D eigenvalue weighted by atomic mass is 16.4. The number of hydrogen-bond donors (Lipinski definition) is 2. The molecule has 2 rings (SSSR count). The molecule has 0 aromatic heterocycles. The fourth-order valence-electron chi connectivity index (χ4n) is 3.32. The second kappa shape index (κ2) is 7.75. The van der Waals surface area contributed by atoms with E-state index >= 15 is 0 Å². The molecule has 0 spiro atoms. The zero-order valence-electron chi connectivity index (χ0n) is 12.7. The number of carboxylic acids is 1. The molecule has 2 aliphatic heterocycles. The Morgan fingerprint density at radius 2 is 1.71 bits per heavy atom. The molecule has 0 aromatic carbocycles. The van der Waals surface area contributed by atoms with Crippen LogP contribution in [0.3, 0.4) is 0 Å². The second-order valence-electron chi connectivity index (χ2n) is 6.19. The van der Waals surface area contributed by atoms with E-state index in [9.17, 15) is 9.59 Å². The summed E-state index contributed by atoms with van der Waals surface area (Å²) in [6.07, 6.45) is 6.48. The number of carbonyl (C=O) groups is 2. The first-order valence-electron chi connectivity index (χ1n) is 8.08. The molecule has 3 N–H and O–H groups in total. The number of likely N-dealkylation sites (tertiary alicyclic amines) is 2. The summed E-state index contributed by atoms with van der Waals surface area (Å²) in [6.45, 7) is 3.99. The van der Waals surface area contributed by atoms with E-state index < -0.39 is 12.0 Å². The number of nitrogens with zero attached hydrogens (tertiary/aromatic N) is 2. The monoisotopic (exact) mass is 297 g/mol. The maximum absolute atomic E-state index is 12.1. The second-order valence-corrected chi connectivity index (χ2v) is 6.19. The molecule has 0 saturated carbocycles. The number of nitrogens with two attached hydrogens (primary N) is 1. The molecule has 0 aromatic rings. The Morgan fingerprint density at radius 1 is 1.10 bits per heavy atom. The Kier molecular flexibility index (Phi) is 5.99. The summed E-state index contributed by atoms with van der Waals surface area (Å²) < 4.78 is 0. The van der Waals surface area contributed by atoms with E-state index in [1.165, 1.54) is 32.4 Å². The zero-order valence-corrected chi connectivity index (χ0v) is 12.7. The standard InChI is InChI=1S/C15H27N3O3/c16-13(15(20)21)4-5-14(19)18-10-6-12(7-11-18)17-8-2-1-3-9-17/h12-13H,1-11,16H2,(H,20,21)/t13-/m0/s1. The molecular formula is C15H27N3O3. The number of aliphatic carboxylic acids is 1. The minimum absolute atomic E-state index is 0.0452. The fourth-order valence-corrected chi connectivity index (χ4v) is 3.32. The van der Waals surface area contributed by atoms with Crippen molar-refractivity contribution >= 4 is 11.9 Å². The van der Waals surface area contributed by atoms with Crippen LogP contribution in [0.4, 0.5) is 0 Å². The highest BCUT2D eigenvalue weighted by Gasteiger charge is 2.27. The molecule has 2 aliphatic rings. The number of hydrogen-bond acceptors (Lipinski definition) is 4. The van der Waals surface area contributed by atoms with Crippen LogP contribution >= 0.6 is 0 Å². The van der Waals surface area contributed by atoms with Gasteiger partial charge in [0.2, 0.25) is 5.91 Å². The lowest BCUT2D eigenvalue weighted by molar-refractivity contribution is -0.139. The molecule has 2 heterocycles. The molecule has 0 aliphatic carbocycles. The van der Waals surface area contributed by atoms with Gasteiger partial charge in [-0.2, -0.15) is 0 Å². The lowest BCUT2D eigenvalue weighted by Crippen LogP contribution is -2.48. The van der Waals surface area contributed by atoms with Gasteiger partial charge in [0.25, 0.3) is 0 Å². The molecule has 2 saturated heterocycles. The Balaban J connectivity index is 1.70. The maximum atomic E-state index is 12.1. The lowest BCUT2D eigenvalue weighted by Gasteiger charge is -2.40. The fraction of sp³-hybridized carbons (Fsp3) is 0.867. The Hall–Kier alpha value is -1.14. The smallest absolute Gasteiger partial charge is 0.320 e. The number of carbonyl (C=O) groups excluding carboxylic acids is 1. The van der Waals surface area contributed by atoms with Crippen molar-refractivity contribution in [2.24, 2.45) is 5.73 Å². The number of carboxylic acid groups (broad SMARTS) is 1. The average Bonchev–Trinajstić information content (AvgIpc) is 2.53. The van der Waals surface area contributed by atoms with Gasteiger partial charge in [-0.15, -0.1) is 0 Å². The van der Waals surface area contributed by atoms with Crippen LogP contribution in [0.2, 0.25) is 0 Å². The van der Waals surface area contributed by atoms with Crippen LogP contribution in [-0.4, -0.2) is 65.0 Å². The normalized spacial score (nSPS) is 23.0. The summed E-state index contributed by atoms with van der Waals surface area (Å²) in [4.78, 5) is 27.2. The third kappa shape index (κ3) is 4.68. The molecule has 6 nitrogen and oxygen atoms in total. The predicted octanol–water partition coefficient (Wildman–Crippen LogP) is 0.655. The molecule has 21 heavy (non-hydrogen) atoms. The first kappa shape index (κ1) is 16.2. The largest absolute Gasteiger partial charge is 0.480 e. The summed E-state index contributed by atoms with van der Waals surface area (Å²) in [5, 5.41) is 8.73. The van der Waals surface area contributed by atoms with E-state index in [0.29, 0.717) is 6.04 Å². The lowest BCUT2D eigenvalue weighted by atomic mass is 9.99. The quantitative estimate of drug-likeness (QED) is 0.778. The topological polar surface area (TPSA) is 86.9 Å². The van der Waals surface area contributed by atoms with Crippen molar-refractivity contribution in [2.75, 3.05) is 26.2 Å². The van der Waals surface area contributed by atoms with Crippen molar-refractivity contribution in [1.82, 2.24) is 9.80 Å². The summed E-state index contributed by atoms with van der Waals surface area (Å²) in [7, 11) is 0. The van der Waals surface area contributed by atoms with E-state index in [2.05, 4.69) is 4.90 Å². The minimum atomic E-state index is -1.04. The molecule has 0 radical (unpaired) electrons. The molecular weight excluding hydrogens is 270 g/mol. The van der Waals surface area contributed by atoms with E-state index in [4.69, 9.17) is 10.8 Å². The van der Waals surface area contributed by atoms with Crippen LogP contribution in [-0.2, 0) is 9.59 Å². The Labute approximate surface area is 126 Å². The molecule has 0 unspecified atom stereocenters. The van der Waals surface area contributed by atoms with Crippen LogP contribution in [0.15, 0.2) is 0 Å². The van der Waals surface area contributed by atoms with Gasteiger partial charge in [0.1, 0.15) is 6.04 Å². The summed E-state index contributed by atoms with van der Waals surface area (Å²) in [5.41, 5.74) is 5.44. The van der Waals surface area contributed by atoms with E-state index in [-0.39, 0.29) is 18.7 Å². The third-order valence-electron chi connectivity index (χ3n) is 4.71. The first-order valence-corrected chi connectivity index (χ1v) is 8.08. The van der Waals surface area contributed by atoms with Crippen molar-refractivity contribution < 1.29 is 14.7 Å². The van der Waals surface area contributed by atoms with Gasteiger partial charge in [0.15, 0.2) is 0 Å². The van der Waals surface area contributed by atoms with Crippen molar-refractivity contribution in [3.63, 3.8) is 0 Å². The van der Waals surface area contributed by atoms with Crippen LogP contribution < -0.4 is 5.73 Å². The molecule has 1 atom stereocenters. The van der Waals surface area contributed by atoms with E-state index in [0.717, 1.165) is 25.9 Å². The molecule has 0 bridgehead atoms. The van der Waals surface area contributed by atoms with Gasteiger partial charge in [-0.25, -0.2) is 0 Å². The highest BCUT2D eigenvalue weighted by molar-refractivity contribution is 5.78. The molecule has 6 heteroatoms. The maximum Gasteiger partial charge on any atom is 0.320 e. The third-order valence-corrected chi connectivity index (χ3v) is 4.71. The van der Waals surface area contributed by atoms with E-state index in [1.54, 1.807) is 0 Å². The Bertz CT molecular complexity index is 361. The van der Waals surface area contributed by atoms with Crippen LogP contribution in [0.1, 0.15) is 44.9 Å². The SMILES string of the molecule is N[C@@H](CCC(=O)N1CCC(N2CCCCC2)CC1)C(=O)O. The van der Waals surface area contributed by atoms with Gasteiger partial charge in [0, 0.05) is 25.6 Å². The number of rotatable bonds is 5. The average molecular weight is 297 g/mol. The highest BCUT2D eigenvalue weighted by Crippen LogP contribution is 2.21. The summed E-state index contributed by atoms with van der Waals surface area (Å²) >= 11 is 0. The van der Waals surface area contributed by atoms with Crippen molar-refractivity contribution in [3.8, 4) is 0 Å². The zero-order chi connectivity index (χ0) is 15.2. The molecule has 120 valence electrons. The summed E-state index contributed by atoms with van der Waals surface area (Å²) in [5.74, 6) is -0.990.